The lowest BCUT2D eigenvalue weighted by Gasteiger charge is -2.07. The van der Waals surface area contributed by atoms with Crippen LogP contribution in [0.3, 0.4) is 0 Å². The second-order valence-electron chi connectivity index (χ2n) is 3.75. The Labute approximate surface area is 116 Å². The van der Waals surface area contributed by atoms with Crippen LogP contribution in [0.25, 0.3) is 0 Å². The summed E-state index contributed by atoms with van der Waals surface area (Å²) >= 11 is 6.04. The molecule has 96 valence electrons. The molecule has 1 aromatic heterocycles. The molecule has 0 amide bonds. The van der Waals surface area contributed by atoms with E-state index in [1.54, 1.807) is 18.5 Å². The van der Waals surface area contributed by atoms with Crippen LogP contribution in [0.5, 0.6) is 5.75 Å². The molecule has 0 spiro atoms. The molecule has 1 N–H and O–H groups in total. The van der Waals surface area contributed by atoms with Gasteiger partial charge in [-0.3, -0.25) is 4.98 Å². The number of halogens is 1. The highest BCUT2D eigenvalue weighted by atomic mass is 35.5. The molecule has 19 heavy (non-hydrogen) atoms. The van der Waals surface area contributed by atoms with Crippen LogP contribution in [0.1, 0.15) is 11.1 Å². The zero-order valence-electron chi connectivity index (χ0n) is 10.1. The highest BCUT2D eigenvalue weighted by Gasteiger charge is 2.01. The van der Waals surface area contributed by atoms with Crippen LogP contribution in [-0.4, -0.2) is 16.7 Å². The average molecular weight is 274 g/mol. The van der Waals surface area contributed by atoms with Gasteiger partial charge in [-0.05, 0) is 12.1 Å². The van der Waals surface area contributed by atoms with E-state index in [0.29, 0.717) is 22.9 Å². The van der Waals surface area contributed by atoms with Gasteiger partial charge in [-0.2, -0.15) is 0 Å². The highest BCUT2D eigenvalue weighted by molar-refractivity contribution is 6.31. The Morgan fingerprint density at radius 2 is 2.11 bits per heavy atom. The van der Waals surface area contributed by atoms with Gasteiger partial charge < -0.3 is 9.84 Å². The van der Waals surface area contributed by atoms with E-state index in [-0.39, 0.29) is 6.61 Å². The van der Waals surface area contributed by atoms with Crippen LogP contribution in [0.15, 0.2) is 42.7 Å². The van der Waals surface area contributed by atoms with Gasteiger partial charge in [0.2, 0.25) is 0 Å². The minimum atomic E-state index is -0.176. The Morgan fingerprint density at radius 1 is 1.26 bits per heavy atom. The maximum absolute atomic E-state index is 8.64. The number of ether oxygens (including phenoxy) is 1. The summed E-state index contributed by atoms with van der Waals surface area (Å²) in [6.07, 6.45) is 3.23. The number of aromatic nitrogens is 1. The largest absolute Gasteiger partial charge is 0.487 e. The van der Waals surface area contributed by atoms with Gasteiger partial charge in [0.05, 0.1) is 6.20 Å². The molecule has 1 heterocycles. The van der Waals surface area contributed by atoms with E-state index in [2.05, 4.69) is 16.8 Å². The Balaban J connectivity index is 2.06. The topological polar surface area (TPSA) is 42.4 Å². The monoisotopic (exact) mass is 273 g/mol. The summed E-state index contributed by atoms with van der Waals surface area (Å²) < 4.78 is 5.62. The zero-order chi connectivity index (χ0) is 13.5. The van der Waals surface area contributed by atoms with Gasteiger partial charge in [-0.1, -0.05) is 41.6 Å². The lowest BCUT2D eigenvalue weighted by atomic mass is 10.2. The first-order valence-electron chi connectivity index (χ1n) is 5.70. The standard InChI is InChI=1S/C15H12ClNO2/c16-15-6-2-1-5-13(15)11-19-14-8-12(4-3-7-18)9-17-10-14/h1-2,5-6,8-10,18H,7,11H2. The lowest BCUT2D eigenvalue weighted by Crippen LogP contribution is -1.97. The predicted molar refractivity (Wildman–Crippen MR) is 74.0 cm³/mol. The van der Waals surface area contributed by atoms with Crippen molar-refractivity contribution in [3.63, 3.8) is 0 Å². The van der Waals surface area contributed by atoms with Crippen molar-refractivity contribution >= 4 is 11.6 Å². The van der Waals surface area contributed by atoms with Crippen molar-refractivity contribution in [2.45, 2.75) is 6.61 Å². The fourth-order valence-corrected chi connectivity index (χ4v) is 1.67. The molecule has 0 aliphatic rings. The number of nitrogens with zero attached hydrogens (tertiary/aromatic N) is 1. The molecule has 1 aromatic carbocycles. The van der Waals surface area contributed by atoms with E-state index in [9.17, 15) is 0 Å². The fraction of sp³-hybridized carbons (Fsp3) is 0.133. The smallest absolute Gasteiger partial charge is 0.139 e. The molecule has 0 atom stereocenters. The number of hydrogen-bond donors (Lipinski definition) is 1. The first-order valence-corrected chi connectivity index (χ1v) is 6.08. The van der Waals surface area contributed by atoms with Crippen LogP contribution in [0, 0.1) is 11.8 Å². The summed E-state index contributed by atoms with van der Waals surface area (Å²) in [5.41, 5.74) is 1.61. The Hall–Kier alpha value is -2.02. The van der Waals surface area contributed by atoms with Gasteiger partial charge in [-0.25, -0.2) is 0 Å². The van der Waals surface area contributed by atoms with Crippen molar-refractivity contribution in [1.82, 2.24) is 4.98 Å². The molecule has 0 radical (unpaired) electrons. The summed E-state index contributed by atoms with van der Waals surface area (Å²) in [4.78, 5) is 4.03. The second kappa shape index (κ2) is 6.79. The summed E-state index contributed by atoms with van der Waals surface area (Å²) in [5, 5.41) is 9.31. The quantitative estimate of drug-likeness (QED) is 0.875. The first-order chi connectivity index (χ1) is 9.29. The molecular weight excluding hydrogens is 262 g/mol. The third kappa shape index (κ3) is 3.99. The maximum atomic E-state index is 8.64. The van der Waals surface area contributed by atoms with E-state index < -0.39 is 0 Å². The Bertz CT molecular complexity index is 617. The first kappa shape index (κ1) is 13.4. The molecule has 0 fully saturated rings. The SMILES string of the molecule is OCC#Cc1cncc(OCc2ccccc2Cl)c1. The van der Waals surface area contributed by atoms with Crippen LogP contribution < -0.4 is 4.74 Å². The van der Waals surface area contributed by atoms with Gasteiger partial charge in [0, 0.05) is 22.3 Å². The van der Waals surface area contributed by atoms with E-state index in [1.807, 2.05) is 24.3 Å². The number of aliphatic hydroxyl groups excluding tert-OH is 1. The van der Waals surface area contributed by atoms with Crippen molar-refractivity contribution in [2.75, 3.05) is 6.61 Å². The van der Waals surface area contributed by atoms with Crippen molar-refractivity contribution < 1.29 is 9.84 Å². The Morgan fingerprint density at radius 3 is 2.89 bits per heavy atom. The number of benzene rings is 1. The molecule has 2 aromatic rings. The molecular formula is C15H12ClNO2. The molecule has 0 saturated heterocycles. The van der Waals surface area contributed by atoms with Gasteiger partial charge >= 0.3 is 0 Å². The van der Waals surface area contributed by atoms with Gasteiger partial charge in [0.1, 0.15) is 19.0 Å². The van der Waals surface area contributed by atoms with Crippen molar-refractivity contribution in [1.29, 1.82) is 0 Å². The molecule has 2 rings (SSSR count). The molecule has 4 heteroatoms. The number of hydrogen-bond acceptors (Lipinski definition) is 3. The van der Waals surface area contributed by atoms with Crippen LogP contribution >= 0.6 is 11.6 Å². The molecule has 0 aliphatic heterocycles. The van der Waals surface area contributed by atoms with E-state index >= 15 is 0 Å². The van der Waals surface area contributed by atoms with E-state index in [4.69, 9.17) is 21.4 Å². The maximum Gasteiger partial charge on any atom is 0.139 e. The number of pyridine rings is 1. The third-order valence-corrected chi connectivity index (χ3v) is 2.75. The molecule has 3 nitrogen and oxygen atoms in total. The summed E-state index contributed by atoms with van der Waals surface area (Å²) in [6.45, 7) is 0.197. The predicted octanol–water partition coefficient (Wildman–Crippen LogP) is 2.66. The summed E-state index contributed by atoms with van der Waals surface area (Å²) in [5.74, 6) is 5.95. The number of rotatable bonds is 3. The van der Waals surface area contributed by atoms with Gasteiger partial charge in [-0.15, -0.1) is 0 Å². The van der Waals surface area contributed by atoms with E-state index in [0.717, 1.165) is 5.56 Å². The molecule has 0 bridgehead atoms. The summed E-state index contributed by atoms with van der Waals surface area (Å²) in [6, 6.07) is 9.28. The minimum Gasteiger partial charge on any atom is -0.487 e. The Kier molecular flexibility index (Phi) is 4.79. The normalized spacial score (nSPS) is 9.58. The van der Waals surface area contributed by atoms with Crippen LogP contribution in [-0.2, 0) is 6.61 Å². The van der Waals surface area contributed by atoms with Crippen LogP contribution in [0.4, 0.5) is 0 Å². The summed E-state index contributed by atoms with van der Waals surface area (Å²) in [7, 11) is 0. The van der Waals surface area contributed by atoms with Crippen molar-refractivity contribution in [3.05, 3.63) is 58.9 Å². The number of aliphatic hydroxyl groups is 1. The van der Waals surface area contributed by atoms with Crippen molar-refractivity contribution in [3.8, 4) is 17.6 Å². The van der Waals surface area contributed by atoms with Crippen molar-refractivity contribution in [2.24, 2.45) is 0 Å². The van der Waals surface area contributed by atoms with Crippen LogP contribution in [0.2, 0.25) is 5.02 Å². The minimum absolute atomic E-state index is 0.176. The van der Waals surface area contributed by atoms with E-state index in [1.165, 1.54) is 0 Å². The second-order valence-corrected chi connectivity index (χ2v) is 4.16. The fourth-order valence-electron chi connectivity index (χ4n) is 1.48. The third-order valence-electron chi connectivity index (χ3n) is 2.38. The lowest BCUT2D eigenvalue weighted by molar-refractivity contribution is 0.305. The average Bonchev–Trinajstić information content (AvgIpc) is 2.45. The molecule has 0 saturated carbocycles. The molecule has 0 aliphatic carbocycles. The van der Waals surface area contributed by atoms with Gasteiger partial charge in [0.25, 0.3) is 0 Å². The van der Waals surface area contributed by atoms with Gasteiger partial charge in [0.15, 0.2) is 0 Å². The highest BCUT2D eigenvalue weighted by Crippen LogP contribution is 2.18. The zero-order valence-corrected chi connectivity index (χ0v) is 10.9. The molecule has 0 unspecified atom stereocenters.